The van der Waals surface area contributed by atoms with E-state index in [0.29, 0.717) is 23.4 Å². The molecule has 8 heteroatoms. The van der Waals surface area contributed by atoms with Crippen molar-refractivity contribution < 1.29 is 9.59 Å². The number of fused-ring (bicyclic) bond motifs is 2. The maximum absolute atomic E-state index is 12.2. The number of carbonyl (C=O) groups is 2. The minimum absolute atomic E-state index is 0.155. The number of anilines is 1. The molecule has 0 radical (unpaired) electrons. The number of hydrogen-bond acceptors (Lipinski definition) is 4. The zero-order valence-corrected chi connectivity index (χ0v) is 12.5. The van der Waals surface area contributed by atoms with E-state index in [9.17, 15) is 14.4 Å². The van der Waals surface area contributed by atoms with Crippen LogP contribution in [-0.2, 0) is 17.9 Å². The Kier molecular flexibility index (Phi) is 3.16. The minimum Gasteiger partial charge on any atom is -0.348 e. The van der Waals surface area contributed by atoms with Crippen molar-refractivity contribution in [2.75, 3.05) is 5.32 Å². The summed E-state index contributed by atoms with van der Waals surface area (Å²) in [6.45, 7) is 0.294. The number of nitrogens with zero attached hydrogens (tertiary/aromatic N) is 3. The Morgan fingerprint density at radius 1 is 1.25 bits per heavy atom. The van der Waals surface area contributed by atoms with Gasteiger partial charge in [-0.2, -0.15) is 0 Å². The standard InChI is InChI=1S/C16H13N5O3/c22-14(9-21-16(24)20-6-2-1-3-13(20)19-21)18-11-5-4-10-8-17-15(23)12(10)7-11/h1-7H,8-9H2,(H,17,23)(H,18,22). The number of amides is 2. The normalized spacial score (nSPS) is 12.9. The number of rotatable bonds is 3. The fraction of sp³-hybridized carbons (Fsp3) is 0.125. The molecule has 3 heterocycles. The second kappa shape index (κ2) is 5.34. The van der Waals surface area contributed by atoms with Crippen molar-refractivity contribution in [3.8, 4) is 0 Å². The molecule has 1 aliphatic heterocycles. The fourth-order valence-electron chi connectivity index (χ4n) is 2.70. The number of nitrogens with one attached hydrogen (secondary N) is 2. The van der Waals surface area contributed by atoms with Crippen molar-refractivity contribution in [1.82, 2.24) is 19.5 Å². The van der Waals surface area contributed by atoms with Crippen molar-refractivity contribution in [1.29, 1.82) is 0 Å². The Morgan fingerprint density at radius 2 is 2.12 bits per heavy atom. The van der Waals surface area contributed by atoms with Crippen LogP contribution in [0.1, 0.15) is 15.9 Å². The molecule has 0 spiro atoms. The lowest BCUT2D eigenvalue weighted by Gasteiger charge is -2.06. The van der Waals surface area contributed by atoms with Crippen LogP contribution in [0.3, 0.4) is 0 Å². The molecule has 0 fully saturated rings. The van der Waals surface area contributed by atoms with Gasteiger partial charge in [0.15, 0.2) is 5.65 Å². The molecule has 1 aliphatic rings. The maximum atomic E-state index is 12.2. The van der Waals surface area contributed by atoms with Gasteiger partial charge in [0.2, 0.25) is 5.91 Å². The summed E-state index contributed by atoms with van der Waals surface area (Å²) in [7, 11) is 0. The summed E-state index contributed by atoms with van der Waals surface area (Å²) in [6, 6.07) is 10.3. The molecular weight excluding hydrogens is 310 g/mol. The van der Waals surface area contributed by atoms with Gasteiger partial charge in [0.25, 0.3) is 5.91 Å². The molecule has 2 amide bonds. The zero-order chi connectivity index (χ0) is 16.7. The SMILES string of the molecule is O=C(Cn1nc2ccccn2c1=O)Nc1ccc2c(c1)C(=O)NC2. The molecular formula is C16H13N5O3. The molecule has 0 bridgehead atoms. The summed E-state index contributed by atoms with van der Waals surface area (Å²) < 4.78 is 2.47. The number of hydrogen-bond donors (Lipinski definition) is 2. The smallest absolute Gasteiger partial charge is 0.348 e. The van der Waals surface area contributed by atoms with E-state index in [1.165, 1.54) is 4.40 Å². The number of aromatic nitrogens is 3. The van der Waals surface area contributed by atoms with E-state index in [1.54, 1.807) is 42.6 Å². The maximum Gasteiger partial charge on any atom is 0.350 e. The van der Waals surface area contributed by atoms with Gasteiger partial charge in [0, 0.05) is 24.0 Å². The molecule has 0 saturated carbocycles. The number of carbonyl (C=O) groups excluding carboxylic acids is 2. The second-order valence-electron chi connectivity index (χ2n) is 5.47. The Balaban J connectivity index is 1.54. The molecule has 4 rings (SSSR count). The summed E-state index contributed by atoms with van der Waals surface area (Å²) in [5.74, 6) is -0.545. The van der Waals surface area contributed by atoms with Crippen LogP contribution in [0.4, 0.5) is 5.69 Å². The quantitative estimate of drug-likeness (QED) is 0.728. The zero-order valence-electron chi connectivity index (χ0n) is 12.5. The van der Waals surface area contributed by atoms with Crippen LogP contribution >= 0.6 is 0 Å². The third-order valence-corrected chi connectivity index (χ3v) is 3.86. The molecule has 0 saturated heterocycles. The van der Waals surface area contributed by atoms with Crippen LogP contribution in [0.15, 0.2) is 47.4 Å². The van der Waals surface area contributed by atoms with Gasteiger partial charge in [0.1, 0.15) is 6.54 Å². The molecule has 1 aromatic carbocycles. The topological polar surface area (TPSA) is 97.5 Å². The highest BCUT2D eigenvalue weighted by atomic mass is 16.2. The van der Waals surface area contributed by atoms with E-state index in [-0.39, 0.29) is 24.0 Å². The Hall–Kier alpha value is -3.42. The summed E-state index contributed by atoms with van der Waals surface area (Å²) in [6.07, 6.45) is 1.60. The van der Waals surface area contributed by atoms with Crippen LogP contribution in [0, 0.1) is 0 Å². The first kappa shape index (κ1) is 14.2. The third-order valence-electron chi connectivity index (χ3n) is 3.86. The van der Waals surface area contributed by atoms with Gasteiger partial charge in [-0.3, -0.25) is 14.0 Å². The van der Waals surface area contributed by atoms with Crippen LogP contribution in [0.25, 0.3) is 5.65 Å². The Morgan fingerprint density at radius 3 is 2.96 bits per heavy atom. The second-order valence-corrected chi connectivity index (χ2v) is 5.47. The van der Waals surface area contributed by atoms with Crippen molar-refractivity contribution in [2.45, 2.75) is 13.1 Å². The van der Waals surface area contributed by atoms with E-state index in [0.717, 1.165) is 10.2 Å². The molecule has 24 heavy (non-hydrogen) atoms. The molecule has 3 aromatic rings. The molecule has 2 N–H and O–H groups in total. The number of pyridine rings is 1. The van der Waals surface area contributed by atoms with Gasteiger partial charge < -0.3 is 10.6 Å². The highest BCUT2D eigenvalue weighted by Gasteiger charge is 2.19. The predicted molar refractivity (Wildman–Crippen MR) is 85.7 cm³/mol. The minimum atomic E-state index is -0.390. The van der Waals surface area contributed by atoms with Crippen LogP contribution in [0.5, 0.6) is 0 Å². The van der Waals surface area contributed by atoms with Gasteiger partial charge in [-0.25, -0.2) is 9.48 Å². The first-order chi connectivity index (χ1) is 11.6. The molecule has 0 aliphatic carbocycles. The summed E-state index contributed by atoms with van der Waals surface area (Å²) in [5.41, 5.74) is 2.05. The van der Waals surface area contributed by atoms with Crippen molar-refractivity contribution >= 4 is 23.1 Å². The Labute approximate surface area is 135 Å². The molecule has 0 atom stereocenters. The predicted octanol–water partition coefficient (Wildman–Crippen LogP) is 0.378. The molecule has 120 valence electrons. The summed E-state index contributed by atoms with van der Waals surface area (Å²) in [4.78, 5) is 36.0. The highest BCUT2D eigenvalue weighted by Crippen LogP contribution is 2.20. The summed E-state index contributed by atoms with van der Waals surface area (Å²) >= 11 is 0. The lowest BCUT2D eigenvalue weighted by Crippen LogP contribution is -2.28. The van der Waals surface area contributed by atoms with Crippen LogP contribution in [-0.4, -0.2) is 26.0 Å². The van der Waals surface area contributed by atoms with E-state index in [1.807, 2.05) is 0 Å². The lowest BCUT2D eigenvalue weighted by molar-refractivity contribution is -0.117. The van der Waals surface area contributed by atoms with Gasteiger partial charge in [-0.05, 0) is 29.8 Å². The van der Waals surface area contributed by atoms with E-state index in [4.69, 9.17) is 0 Å². The van der Waals surface area contributed by atoms with Gasteiger partial charge in [-0.1, -0.05) is 12.1 Å². The summed E-state index contributed by atoms with van der Waals surface area (Å²) in [5, 5.41) is 9.51. The monoisotopic (exact) mass is 323 g/mol. The van der Waals surface area contributed by atoms with Crippen molar-refractivity contribution in [3.05, 3.63) is 64.2 Å². The van der Waals surface area contributed by atoms with Gasteiger partial charge >= 0.3 is 5.69 Å². The molecule has 2 aromatic heterocycles. The molecule has 8 nitrogen and oxygen atoms in total. The van der Waals surface area contributed by atoms with Crippen molar-refractivity contribution in [3.63, 3.8) is 0 Å². The first-order valence-electron chi connectivity index (χ1n) is 7.37. The van der Waals surface area contributed by atoms with Crippen LogP contribution < -0.4 is 16.3 Å². The fourth-order valence-corrected chi connectivity index (χ4v) is 2.70. The average Bonchev–Trinajstić information content (AvgIpc) is 3.09. The van der Waals surface area contributed by atoms with E-state index >= 15 is 0 Å². The number of benzene rings is 1. The van der Waals surface area contributed by atoms with Crippen LogP contribution in [0.2, 0.25) is 0 Å². The lowest BCUT2D eigenvalue weighted by atomic mass is 10.1. The first-order valence-corrected chi connectivity index (χ1v) is 7.37. The van der Waals surface area contributed by atoms with Gasteiger partial charge in [0.05, 0.1) is 0 Å². The largest absolute Gasteiger partial charge is 0.350 e. The van der Waals surface area contributed by atoms with Gasteiger partial charge in [-0.15, -0.1) is 5.10 Å². The molecule has 0 unspecified atom stereocenters. The van der Waals surface area contributed by atoms with E-state index in [2.05, 4.69) is 15.7 Å². The Bertz CT molecular complexity index is 1030. The van der Waals surface area contributed by atoms with E-state index < -0.39 is 0 Å². The highest BCUT2D eigenvalue weighted by molar-refractivity contribution is 6.00. The average molecular weight is 323 g/mol. The third kappa shape index (κ3) is 2.34. The van der Waals surface area contributed by atoms with Crippen molar-refractivity contribution in [2.24, 2.45) is 0 Å².